The van der Waals surface area contributed by atoms with Crippen molar-refractivity contribution in [3.05, 3.63) is 29.3 Å². The van der Waals surface area contributed by atoms with E-state index in [1.807, 2.05) is 11.0 Å². The highest BCUT2D eigenvalue weighted by atomic mass is 35.5. The molecule has 1 atom stereocenters. The quantitative estimate of drug-likeness (QED) is 0.750. The van der Waals surface area contributed by atoms with Gasteiger partial charge >= 0.3 is 0 Å². The smallest absolute Gasteiger partial charge is 0.250 e. The summed E-state index contributed by atoms with van der Waals surface area (Å²) >= 11 is 7.19. The first-order valence-electron chi connectivity index (χ1n) is 10.0. The Morgan fingerprint density at radius 1 is 1.14 bits per heavy atom. The van der Waals surface area contributed by atoms with Crippen molar-refractivity contribution in [2.75, 3.05) is 19.6 Å². The van der Waals surface area contributed by atoms with Gasteiger partial charge in [0.15, 0.2) is 0 Å². The highest BCUT2D eigenvalue weighted by Crippen LogP contribution is 2.31. The third kappa shape index (κ3) is 4.32. The Labute approximate surface area is 180 Å². The van der Waals surface area contributed by atoms with Crippen LogP contribution in [-0.4, -0.2) is 61.9 Å². The molecule has 1 aromatic heterocycles. The van der Waals surface area contributed by atoms with Crippen LogP contribution >= 0.6 is 22.9 Å². The van der Waals surface area contributed by atoms with Gasteiger partial charge in [0.2, 0.25) is 5.91 Å². The van der Waals surface area contributed by atoms with Gasteiger partial charge in [0, 0.05) is 41.4 Å². The molecular weight excluding hydrogens is 430 g/mol. The van der Waals surface area contributed by atoms with Crippen molar-refractivity contribution in [3.63, 3.8) is 0 Å². The minimum Gasteiger partial charge on any atom is -0.338 e. The summed E-state index contributed by atoms with van der Waals surface area (Å²) in [5, 5.41) is 1.36. The molecule has 0 saturated carbocycles. The minimum atomic E-state index is -3.76. The van der Waals surface area contributed by atoms with Crippen LogP contribution in [0.15, 0.2) is 28.5 Å². The van der Waals surface area contributed by atoms with Gasteiger partial charge in [-0.3, -0.25) is 4.79 Å². The van der Waals surface area contributed by atoms with Gasteiger partial charge in [0.05, 0.1) is 0 Å². The summed E-state index contributed by atoms with van der Waals surface area (Å²) in [7, 11) is -3.76. The molecule has 0 aliphatic carbocycles. The molecule has 1 aromatic carbocycles. The first-order chi connectivity index (χ1) is 13.7. The molecule has 3 heterocycles. The molecular formula is C20H26ClN3O3S2. The van der Waals surface area contributed by atoms with Crippen molar-refractivity contribution in [2.24, 2.45) is 0 Å². The Morgan fingerprint density at radius 2 is 1.86 bits per heavy atom. The van der Waals surface area contributed by atoms with Gasteiger partial charge in [0.25, 0.3) is 10.0 Å². The van der Waals surface area contributed by atoms with Crippen LogP contribution in [0.4, 0.5) is 0 Å². The first-order valence-corrected chi connectivity index (χ1v) is 12.7. The van der Waals surface area contributed by atoms with E-state index in [0.29, 0.717) is 24.0 Å². The van der Waals surface area contributed by atoms with Crippen LogP contribution < -0.4 is 4.72 Å². The summed E-state index contributed by atoms with van der Waals surface area (Å²) in [6.07, 6.45) is 2.40. The third-order valence-electron chi connectivity index (χ3n) is 5.93. The molecule has 0 bridgehead atoms. The van der Waals surface area contributed by atoms with Gasteiger partial charge in [-0.1, -0.05) is 11.6 Å². The van der Waals surface area contributed by atoms with Crippen LogP contribution in [0.2, 0.25) is 5.02 Å². The fourth-order valence-corrected chi connectivity index (χ4v) is 7.05. The van der Waals surface area contributed by atoms with Crippen LogP contribution in [-0.2, 0) is 14.8 Å². The minimum absolute atomic E-state index is 0.0965. The number of carbonyl (C=O) groups is 1. The molecule has 2 fully saturated rings. The Morgan fingerprint density at radius 3 is 2.55 bits per heavy atom. The second kappa shape index (κ2) is 8.15. The van der Waals surface area contributed by atoms with E-state index < -0.39 is 16.1 Å². The number of rotatable bonds is 5. The average Bonchev–Trinajstić information content (AvgIpc) is 3.26. The number of likely N-dealkylation sites (tertiary alicyclic amines) is 2. The van der Waals surface area contributed by atoms with Crippen molar-refractivity contribution in [3.8, 4) is 0 Å². The van der Waals surface area contributed by atoms with Crippen molar-refractivity contribution in [1.29, 1.82) is 0 Å². The Kier molecular flexibility index (Phi) is 5.92. The largest absolute Gasteiger partial charge is 0.338 e. The van der Waals surface area contributed by atoms with Gasteiger partial charge in [-0.15, -0.1) is 11.3 Å². The molecule has 29 heavy (non-hydrogen) atoms. The number of piperidine rings is 1. The van der Waals surface area contributed by atoms with E-state index in [1.165, 1.54) is 11.3 Å². The highest BCUT2D eigenvalue weighted by Gasteiger charge is 2.39. The zero-order valence-electron chi connectivity index (χ0n) is 16.6. The summed E-state index contributed by atoms with van der Waals surface area (Å²) in [5.74, 6) is -0.0965. The molecule has 0 spiro atoms. The molecule has 6 nitrogen and oxygen atoms in total. The monoisotopic (exact) mass is 455 g/mol. The maximum atomic E-state index is 12.9. The highest BCUT2D eigenvalue weighted by molar-refractivity contribution is 7.91. The second-order valence-electron chi connectivity index (χ2n) is 8.10. The molecule has 2 aromatic rings. The number of nitrogens with one attached hydrogen (secondary N) is 1. The number of amides is 1. The number of halogens is 1. The molecule has 4 rings (SSSR count). The lowest BCUT2D eigenvalue weighted by atomic mass is 10.0. The summed E-state index contributed by atoms with van der Waals surface area (Å²) in [5.41, 5.74) is 0. The number of fused-ring (bicyclic) bond motifs is 1. The number of sulfonamides is 1. The molecule has 9 heteroatoms. The predicted molar refractivity (Wildman–Crippen MR) is 117 cm³/mol. The Bertz CT molecular complexity index is 1010. The number of carbonyl (C=O) groups excluding carboxylic acids is 1. The average molecular weight is 456 g/mol. The molecule has 2 aliphatic heterocycles. The van der Waals surface area contributed by atoms with E-state index >= 15 is 0 Å². The normalized spacial score (nSPS) is 22.3. The zero-order valence-corrected chi connectivity index (χ0v) is 19.0. The SMILES string of the molecule is CC(C)N1CCC(N2CC[C@H](NS(=O)(=O)c3cc4cc(Cl)ccc4s3)C2=O)CC1. The zero-order chi connectivity index (χ0) is 20.8. The number of benzene rings is 1. The van der Waals surface area contributed by atoms with Crippen molar-refractivity contribution >= 4 is 49.0 Å². The summed E-state index contributed by atoms with van der Waals surface area (Å²) in [4.78, 5) is 17.2. The topological polar surface area (TPSA) is 69.7 Å². The van der Waals surface area contributed by atoms with Crippen LogP contribution in [0.3, 0.4) is 0 Å². The fraction of sp³-hybridized carbons (Fsp3) is 0.550. The molecule has 2 saturated heterocycles. The summed E-state index contributed by atoms with van der Waals surface area (Å²) < 4.78 is 29.5. The third-order valence-corrected chi connectivity index (χ3v) is 9.22. The van der Waals surface area contributed by atoms with Crippen LogP contribution in [0, 0.1) is 0 Å². The maximum absolute atomic E-state index is 12.9. The van der Waals surface area contributed by atoms with Gasteiger partial charge < -0.3 is 9.80 Å². The van der Waals surface area contributed by atoms with Gasteiger partial charge in [-0.2, -0.15) is 4.72 Å². The molecule has 158 valence electrons. The lowest BCUT2D eigenvalue weighted by molar-refractivity contribution is -0.131. The van der Waals surface area contributed by atoms with Crippen LogP contribution in [0.25, 0.3) is 10.1 Å². The van der Waals surface area contributed by atoms with Gasteiger partial charge in [0.1, 0.15) is 10.3 Å². The molecule has 2 aliphatic rings. The van der Waals surface area contributed by atoms with Gasteiger partial charge in [-0.25, -0.2) is 8.42 Å². The number of nitrogens with zero attached hydrogens (tertiary/aromatic N) is 2. The molecule has 1 amide bonds. The van der Waals surface area contributed by atoms with E-state index in [0.717, 1.165) is 36.0 Å². The number of hydrogen-bond donors (Lipinski definition) is 1. The standard InChI is InChI=1S/C20H26ClN3O3S2/c1-13(2)23-8-5-16(6-9-23)24-10-7-17(20(24)25)22-29(26,27)19-12-14-11-15(21)3-4-18(14)28-19/h3-4,11-13,16-17,22H,5-10H2,1-2H3/t17-/m0/s1. The molecule has 0 unspecified atom stereocenters. The number of hydrogen-bond acceptors (Lipinski definition) is 5. The lowest BCUT2D eigenvalue weighted by Gasteiger charge is -2.38. The maximum Gasteiger partial charge on any atom is 0.250 e. The molecule has 1 N–H and O–H groups in total. The van der Waals surface area contributed by atoms with E-state index in [9.17, 15) is 13.2 Å². The predicted octanol–water partition coefficient (Wildman–Crippen LogP) is 3.31. The van der Waals surface area contributed by atoms with E-state index in [1.54, 1.807) is 18.2 Å². The van der Waals surface area contributed by atoms with Crippen LogP contribution in [0.1, 0.15) is 33.1 Å². The van der Waals surface area contributed by atoms with E-state index in [-0.39, 0.29) is 16.2 Å². The summed E-state index contributed by atoms with van der Waals surface area (Å²) in [6, 6.07) is 6.96. The van der Waals surface area contributed by atoms with Crippen LogP contribution in [0.5, 0.6) is 0 Å². The first kappa shape index (κ1) is 21.1. The molecule has 0 radical (unpaired) electrons. The number of thiophene rings is 1. The fourth-order valence-electron chi connectivity index (χ4n) is 4.26. The van der Waals surface area contributed by atoms with Crippen molar-refractivity contribution in [2.45, 2.75) is 55.4 Å². The van der Waals surface area contributed by atoms with Crippen molar-refractivity contribution < 1.29 is 13.2 Å². The van der Waals surface area contributed by atoms with Gasteiger partial charge in [-0.05, 0) is 62.8 Å². The lowest BCUT2D eigenvalue weighted by Crippen LogP contribution is -2.49. The Balaban J connectivity index is 1.43. The summed E-state index contributed by atoms with van der Waals surface area (Å²) in [6.45, 7) is 6.95. The van der Waals surface area contributed by atoms with E-state index in [4.69, 9.17) is 11.6 Å². The van der Waals surface area contributed by atoms with Crippen molar-refractivity contribution in [1.82, 2.24) is 14.5 Å². The van der Waals surface area contributed by atoms with E-state index in [2.05, 4.69) is 23.5 Å². The second-order valence-corrected chi connectivity index (χ2v) is 11.6. The Hall–Kier alpha value is -1.19.